The van der Waals surface area contributed by atoms with Crippen molar-refractivity contribution >= 4 is 57.4 Å². The molecule has 0 aliphatic rings. The summed E-state index contributed by atoms with van der Waals surface area (Å²) in [5.41, 5.74) is 1.54. The van der Waals surface area contributed by atoms with Crippen molar-refractivity contribution in [1.82, 2.24) is 0 Å². The number of nitrogens with one attached hydrogen (secondary N) is 1. The molecule has 0 atom stereocenters. The maximum atomic E-state index is 11.9. The van der Waals surface area contributed by atoms with Gasteiger partial charge >= 0.3 is 0 Å². The summed E-state index contributed by atoms with van der Waals surface area (Å²) in [4.78, 5) is 11.9. The highest BCUT2D eigenvalue weighted by molar-refractivity contribution is 14.1. The number of rotatable bonds is 3. The molecule has 0 aromatic heterocycles. The van der Waals surface area contributed by atoms with E-state index in [9.17, 15) is 4.79 Å². The smallest absolute Gasteiger partial charge is 0.228 e. The van der Waals surface area contributed by atoms with Gasteiger partial charge in [-0.3, -0.25) is 4.79 Å². The van der Waals surface area contributed by atoms with E-state index in [0.29, 0.717) is 10.0 Å². The number of halogens is 3. The van der Waals surface area contributed by atoms with E-state index in [0.717, 1.165) is 14.8 Å². The van der Waals surface area contributed by atoms with Crippen molar-refractivity contribution in [2.24, 2.45) is 0 Å². The lowest BCUT2D eigenvalue weighted by molar-refractivity contribution is -0.115. The van der Waals surface area contributed by atoms with Crippen molar-refractivity contribution in [2.75, 3.05) is 5.32 Å². The highest BCUT2D eigenvalue weighted by atomic mass is 127. The first-order valence-corrected chi connectivity index (χ1v) is 7.37. The molecule has 98 valence electrons. The van der Waals surface area contributed by atoms with Crippen LogP contribution in [-0.4, -0.2) is 5.91 Å². The minimum atomic E-state index is -0.105. The SMILES string of the molecule is O=C(Cc1ccc(Cl)cc1Cl)Nc1cccc(I)c1. The maximum absolute atomic E-state index is 11.9. The van der Waals surface area contributed by atoms with E-state index in [1.54, 1.807) is 18.2 Å². The van der Waals surface area contributed by atoms with Crippen LogP contribution in [0.1, 0.15) is 5.56 Å². The number of benzene rings is 2. The molecule has 0 saturated carbocycles. The molecule has 0 saturated heterocycles. The fourth-order valence-electron chi connectivity index (χ4n) is 1.61. The Morgan fingerprint density at radius 1 is 1.16 bits per heavy atom. The normalized spacial score (nSPS) is 10.3. The van der Waals surface area contributed by atoms with Gasteiger partial charge in [0.1, 0.15) is 0 Å². The standard InChI is InChI=1S/C14H10Cl2INO/c15-10-5-4-9(13(16)7-10)6-14(19)18-12-3-1-2-11(17)8-12/h1-5,7-8H,6H2,(H,18,19). The zero-order valence-electron chi connectivity index (χ0n) is 9.79. The predicted octanol–water partition coefficient (Wildman–Crippen LogP) is 4.78. The van der Waals surface area contributed by atoms with Crippen LogP contribution in [0.25, 0.3) is 0 Å². The van der Waals surface area contributed by atoms with E-state index in [-0.39, 0.29) is 12.3 Å². The second kappa shape index (κ2) is 6.59. The molecule has 1 amide bonds. The van der Waals surface area contributed by atoms with Crippen molar-refractivity contribution in [3.05, 3.63) is 61.6 Å². The molecule has 0 heterocycles. The number of hydrogen-bond acceptors (Lipinski definition) is 1. The highest BCUT2D eigenvalue weighted by Gasteiger charge is 2.08. The molecule has 2 nitrogen and oxygen atoms in total. The molecular weight excluding hydrogens is 396 g/mol. The topological polar surface area (TPSA) is 29.1 Å². The molecule has 0 radical (unpaired) electrons. The van der Waals surface area contributed by atoms with Crippen LogP contribution >= 0.6 is 45.8 Å². The summed E-state index contributed by atoms with van der Waals surface area (Å²) in [6.45, 7) is 0. The molecule has 1 N–H and O–H groups in total. The molecule has 0 unspecified atom stereocenters. The summed E-state index contributed by atoms with van der Waals surface area (Å²) in [6.07, 6.45) is 0.224. The molecular formula is C14H10Cl2INO. The number of anilines is 1. The second-order valence-corrected chi connectivity index (χ2v) is 6.06. The number of carbonyl (C=O) groups is 1. The van der Waals surface area contributed by atoms with Gasteiger partial charge in [-0.25, -0.2) is 0 Å². The van der Waals surface area contributed by atoms with Gasteiger partial charge in [-0.1, -0.05) is 35.3 Å². The minimum Gasteiger partial charge on any atom is -0.326 e. The van der Waals surface area contributed by atoms with Crippen molar-refractivity contribution in [3.8, 4) is 0 Å². The third-order valence-corrected chi connectivity index (χ3v) is 3.73. The van der Waals surface area contributed by atoms with Crippen LogP contribution in [0.15, 0.2) is 42.5 Å². The molecule has 0 aliphatic heterocycles. The van der Waals surface area contributed by atoms with Gasteiger partial charge in [0.15, 0.2) is 0 Å². The van der Waals surface area contributed by atoms with Crippen LogP contribution in [-0.2, 0) is 11.2 Å². The fourth-order valence-corrected chi connectivity index (χ4v) is 2.63. The Morgan fingerprint density at radius 2 is 1.95 bits per heavy atom. The van der Waals surface area contributed by atoms with Crippen LogP contribution in [0.2, 0.25) is 10.0 Å². The quantitative estimate of drug-likeness (QED) is 0.731. The lowest BCUT2D eigenvalue weighted by Crippen LogP contribution is -2.14. The fraction of sp³-hybridized carbons (Fsp3) is 0.0714. The zero-order chi connectivity index (χ0) is 13.8. The summed E-state index contributed by atoms with van der Waals surface area (Å²) in [5.74, 6) is -0.105. The van der Waals surface area contributed by atoms with Gasteiger partial charge in [0.05, 0.1) is 6.42 Å². The minimum absolute atomic E-state index is 0.105. The average molecular weight is 406 g/mol. The van der Waals surface area contributed by atoms with E-state index in [1.807, 2.05) is 24.3 Å². The first kappa shape index (κ1) is 14.6. The summed E-state index contributed by atoms with van der Waals surface area (Å²) >= 11 is 14.0. The van der Waals surface area contributed by atoms with E-state index in [4.69, 9.17) is 23.2 Å². The van der Waals surface area contributed by atoms with Crippen LogP contribution in [0.3, 0.4) is 0 Å². The summed E-state index contributed by atoms with van der Waals surface area (Å²) in [7, 11) is 0. The number of amides is 1. The number of hydrogen-bond donors (Lipinski definition) is 1. The Labute approximate surface area is 135 Å². The van der Waals surface area contributed by atoms with E-state index < -0.39 is 0 Å². The number of carbonyl (C=O) groups excluding carboxylic acids is 1. The summed E-state index contributed by atoms with van der Waals surface area (Å²) in [6, 6.07) is 12.7. The largest absolute Gasteiger partial charge is 0.326 e. The van der Waals surface area contributed by atoms with Crippen molar-refractivity contribution in [1.29, 1.82) is 0 Å². The van der Waals surface area contributed by atoms with Crippen LogP contribution in [0.4, 0.5) is 5.69 Å². The average Bonchev–Trinajstić information content (AvgIpc) is 2.33. The van der Waals surface area contributed by atoms with E-state index in [1.165, 1.54) is 0 Å². The monoisotopic (exact) mass is 405 g/mol. The van der Waals surface area contributed by atoms with Crippen LogP contribution in [0, 0.1) is 3.57 Å². The zero-order valence-corrected chi connectivity index (χ0v) is 13.5. The van der Waals surface area contributed by atoms with Crippen molar-refractivity contribution in [3.63, 3.8) is 0 Å². The molecule has 0 fully saturated rings. The molecule has 0 aliphatic carbocycles. The predicted molar refractivity (Wildman–Crippen MR) is 88.0 cm³/mol. The Balaban J connectivity index is 2.05. The van der Waals surface area contributed by atoms with Crippen molar-refractivity contribution < 1.29 is 4.79 Å². The Morgan fingerprint density at radius 3 is 2.63 bits per heavy atom. The first-order chi connectivity index (χ1) is 9.04. The van der Waals surface area contributed by atoms with Gasteiger partial charge < -0.3 is 5.32 Å². The molecule has 2 rings (SSSR count). The molecule has 0 spiro atoms. The third kappa shape index (κ3) is 4.37. The lowest BCUT2D eigenvalue weighted by Gasteiger charge is -2.07. The molecule has 2 aromatic rings. The second-order valence-electron chi connectivity index (χ2n) is 3.97. The Bertz CT molecular complexity index is 616. The van der Waals surface area contributed by atoms with Gasteiger partial charge in [-0.15, -0.1) is 0 Å². The van der Waals surface area contributed by atoms with E-state index >= 15 is 0 Å². The Hall–Kier alpha value is -0.780. The third-order valence-electron chi connectivity index (χ3n) is 2.47. The highest BCUT2D eigenvalue weighted by Crippen LogP contribution is 2.22. The van der Waals surface area contributed by atoms with Gasteiger partial charge in [-0.05, 0) is 58.5 Å². The molecule has 5 heteroatoms. The summed E-state index contributed by atoms with van der Waals surface area (Å²) in [5, 5.41) is 3.90. The molecule has 19 heavy (non-hydrogen) atoms. The molecule has 0 bridgehead atoms. The van der Waals surface area contributed by atoms with Crippen LogP contribution in [0.5, 0.6) is 0 Å². The van der Waals surface area contributed by atoms with Gasteiger partial charge in [-0.2, -0.15) is 0 Å². The first-order valence-electron chi connectivity index (χ1n) is 5.54. The van der Waals surface area contributed by atoms with Crippen molar-refractivity contribution in [2.45, 2.75) is 6.42 Å². The maximum Gasteiger partial charge on any atom is 0.228 e. The summed E-state index contributed by atoms with van der Waals surface area (Å²) < 4.78 is 1.07. The van der Waals surface area contributed by atoms with Gasteiger partial charge in [0.25, 0.3) is 0 Å². The van der Waals surface area contributed by atoms with Crippen LogP contribution < -0.4 is 5.32 Å². The van der Waals surface area contributed by atoms with Gasteiger partial charge in [0.2, 0.25) is 5.91 Å². The lowest BCUT2D eigenvalue weighted by atomic mass is 10.1. The Kier molecular flexibility index (Phi) is 5.07. The molecule has 2 aromatic carbocycles. The van der Waals surface area contributed by atoms with E-state index in [2.05, 4.69) is 27.9 Å². The van der Waals surface area contributed by atoms with Gasteiger partial charge in [0, 0.05) is 19.3 Å².